The normalized spacial score (nSPS) is 11.4. The Morgan fingerprint density at radius 3 is 2.45 bits per heavy atom. The number of nitrogens with zero attached hydrogens (tertiary/aromatic N) is 2. The number of phenolic OH excluding ortho intramolecular Hbond substituents is 1. The van der Waals surface area contributed by atoms with Gasteiger partial charge in [0.1, 0.15) is 5.75 Å². The van der Waals surface area contributed by atoms with Crippen LogP contribution in [0.2, 0.25) is 0 Å². The molecule has 0 amide bonds. The molecular formula is C17H14N2O3. The molecule has 0 unspecified atom stereocenters. The third-order valence-electron chi connectivity index (χ3n) is 3.37. The van der Waals surface area contributed by atoms with Crippen LogP contribution in [0.3, 0.4) is 0 Å². The third kappa shape index (κ3) is 2.61. The molecule has 0 aliphatic heterocycles. The van der Waals surface area contributed by atoms with Crippen LogP contribution >= 0.6 is 0 Å². The minimum atomic E-state index is -0.484. The van der Waals surface area contributed by atoms with Crippen LogP contribution in [0, 0.1) is 13.8 Å². The van der Waals surface area contributed by atoms with Gasteiger partial charge in [0.15, 0.2) is 11.3 Å². The fourth-order valence-electron chi connectivity index (χ4n) is 2.17. The summed E-state index contributed by atoms with van der Waals surface area (Å²) in [7, 11) is 0. The number of fused-ring (bicyclic) bond motifs is 1. The van der Waals surface area contributed by atoms with E-state index in [2.05, 4.69) is 10.2 Å². The zero-order chi connectivity index (χ0) is 15.7. The van der Waals surface area contributed by atoms with Crippen molar-refractivity contribution in [3.8, 4) is 5.75 Å². The molecule has 0 saturated heterocycles. The number of benzene rings is 2. The number of hydrogen-bond acceptors (Lipinski definition) is 5. The molecule has 0 atom stereocenters. The Bertz CT molecular complexity index is 925. The van der Waals surface area contributed by atoms with Crippen LogP contribution in [0.5, 0.6) is 5.75 Å². The molecule has 1 heterocycles. The molecule has 0 saturated carbocycles. The van der Waals surface area contributed by atoms with Crippen molar-refractivity contribution in [3.05, 3.63) is 64.0 Å². The van der Waals surface area contributed by atoms with Gasteiger partial charge in [-0.3, -0.25) is 0 Å². The molecule has 1 N–H and O–H groups in total. The van der Waals surface area contributed by atoms with Gasteiger partial charge in [0.05, 0.1) is 5.69 Å². The number of phenols is 1. The molecule has 1 aromatic heterocycles. The fourth-order valence-corrected chi connectivity index (χ4v) is 2.17. The van der Waals surface area contributed by atoms with E-state index >= 15 is 0 Å². The van der Waals surface area contributed by atoms with E-state index in [-0.39, 0.29) is 17.0 Å². The topological polar surface area (TPSA) is 75.2 Å². The number of rotatable bonds is 2. The van der Waals surface area contributed by atoms with Crippen molar-refractivity contribution >= 4 is 22.3 Å². The number of azo groups is 1. The highest BCUT2D eigenvalue weighted by Crippen LogP contribution is 2.36. The van der Waals surface area contributed by atoms with Crippen LogP contribution in [0.25, 0.3) is 11.0 Å². The largest absolute Gasteiger partial charge is 0.505 e. The Hall–Kier alpha value is -2.95. The molecule has 0 spiro atoms. The average molecular weight is 294 g/mol. The number of aromatic hydroxyl groups is 1. The van der Waals surface area contributed by atoms with Gasteiger partial charge in [0.2, 0.25) is 0 Å². The van der Waals surface area contributed by atoms with Gasteiger partial charge in [0, 0.05) is 11.5 Å². The van der Waals surface area contributed by atoms with Gasteiger partial charge in [-0.15, -0.1) is 5.11 Å². The predicted octanol–water partition coefficient (Wildman–Crippen LogP) is 4.53. The first-order chi connectivity index (χ1) is 10.5. The average Bonchev–Trinajstić information content (AvgIpc) is 2.47. The van der Waals surface area contributed by atoms with Crippen LogP contribution < -0.4 is 5.63 Å². The smallest absolute Gasteiger partial charge is 0.336 e. The summed E-state index contributed by atoms with van der Waals surface area (Å²) in [6, 6.07) is 12.1. The molecule has 0 fully saturated rings. The first-order valence-corrected chi connectivity index (χ1v) is 6.79. The lowest BCUT2D eigenvalue weighted by Crippen LogP contribution is -1.97. The third-order valence-corrected chi connectivity index (χ3v) is 3.37. The summed E-state index contributed by atoms with van der Waals surface area (Å²) in [6.07, 6.45) is 0. The van der Waals surface area contributed by atoms with Gasteiger partial charge >= 0.3 is 5.63 Å². The van der Waals surface area contributed by atoms with Crippen molar-refractivity contribution in [2.75, 3.05) is 0 Å². The minimum absolute atomic E-state index is 0.0860. The van der Waals surface area contributed by atoms with Crippen LogP contribution in [0.15, 0.2) is 61.9 Å². The second kappa shape index (κ2) is 5.44. The Morgan fingerprint density at radius 2 is 1.73 bits per heavy atom. The van der Waals surface area contributed by atoms with Crippen molar-refractivity contribution in [2.45, 2.75) is 13.8 Å². The lowest BCUT2D eigenvalue weighted by molar-refractivity contribution is 0.474. The van der Waals surface area contributed by atoms with Crippen molar-refractivity contribution < 1.29 is 9.52 Å². The molecule has 2 aromatic carbocycles. The first kappa shape index (κ1) is 14.0. The summed E-state index contributed by atoms with van der Waals surface area (Å²) in [5.74, 6) is -0.0860. The highest BCUT2D eigenvalue weighted by Gasteiger charge is 2.11. The highest BCUT2D eigenvalue weighted by atomic mass is 16.4. The van der Waals surface area contributed by atoms with Crippen LogP contribution in [-0.4, -0.2) is 5.11 Å². The van der Waals surface area contributed by atoms with E-state index in [1.165, 1.54) is 12.1 Å². The van der Waals surface area contributed by atoms with Crippen molar-refractivity contribution in [1.29, 1.82) is 0 Å². The van der Waals surface area contributed by atoms with Crippen LogP contribution in [-0.2, 0) is 0 Å². The number of hydrogen-bond donors (Lipinski definition) is 1. The van der Waals surface area contributed by atoms with E-state index in [1.807, 2.05) is 31.2 Å². The van der Waals surface area contributed by atoms with Crippen molar-refractivity contribution in [2.24, 2.45) is 10.2 Å². The second-order valence-corrected chi connectivity index (χ2v) is 5.09. The Labute approximate surface area is 126 Å². The molecule has 0 bridgehead atoms. The SMILES string of the molecule is Cc1ccc(N=Nc2c(O)ccc3c(C)cc(=O)oc23)cc1. The maximum Gasteiger partial charge on any atom is 0.336 e. The molecule has 0 aliphatic rings. The lowest BCUT2D eigenvalue weighted by atomic mass is 10.1. The van der Waals surface area contributed by atoms with Crippen molar-refractivity contribution in [1.82, 2.24) is 0 Å². The van der Waals surface area contributed by atoms with Gasteiger partial charge in [-0.2, -0.15) is 5.11 Å². The second-order valence-electron chi connectivity index (χ2n) is 5.09. The molecule has 110 valence electrons. The molecule has 5 nitrogen and oxygen atoms in total. The lowest BCUT2D eigenvalue weighted by Gasteiger charge is -2.04. The van der Waals surface area contributed by atoms with E-state index in [1.54, 1.807) is 13.0 Å². The van der Waals surface area contributed by atoms with Crippen LogP contribution in [0.4, 0.5) is 11.4 Å². The first-order valence-electron chi connectivity index (χ1n) is 6.79. The van der Waals surface area contributed by atoms with E-state index < -0.39 is 5.63 Å². The Kier molecular flexibility index (Phi) is 3.47. The van der Waals surface area contributed by atoms with Crippen molar-refractivity contribution in [3.63, 3.8) is 0 Å². The predicted molar refractivity (Wildman–Crippen MR) is 84.2 cm³/mol. The van der Waals surface area contributed by atoms with Crippen LogP contribution in [0.1, 0.15) is 11.1 Å². The molecule has 22 heavy (non-hydrogen) atoms. The molecule has 3 rings (SSSR count). The van der Waals surface area contributed by atoms with E-state index in [4.69, 9.17) is 4.42 Å². The van der Waals surface area contributed by atoms with Gasteiger partial charge in [-0.05, 0) is 43.7 Å². The van der Waals surface area contributed by atoms with Gasteiger partial charge in [0.25, 0.3) is 0 Å². The van der Waals surface area contributed by atoms with E-state index in [0.29, 0.717) is 5.69 Å². The van der Waals surface area contributed by atoms with Gasteiger partial charge in [-0.25, -0.2) is 4.79 Å². The maximum atomic E-state index is 11.6. The summed E-state index contributed by atoms with van der Waals surface area (Å²) in [5.41, 5.74) is 2.44. The zero-order valence-electron chi connectivity index (χ0n) is 12.2. The van der Waals surface area contributed by atoms with E-state index in [9.17, 15) is 9.90 Å². The monoisotopic (exact) mass is 294 g/mol. The summed E-state index contributed by atoms with van der Waals surface area (Å²) in [5, 5.41) is 18.9. The molecule has 5 heteroatoms. The fraction of sp³-hybridized carbons (Fsp3) is 0.118. The summed E-state index contributed by atoms with van der Waals surface area (Å²) >= 11 is 0. The van der Waals surface area contributed by atoms with E-state index in [0.717, 1.165) is 16.5 Å². The minimum Gasteiger partial charge on any atom is -0.505 e. The molecule has 3 aromatic rings. The summed E-state index contributed by atoms with van der Waals surface area (Å²) in [6.45, 7) is 3.78. The zero-order valence-corrected chi connectivity index (χ0v) is 12.2. The molecule has 0 radical (unpaired) electrons. The summed E-state index contributed by atoms with van der Waals surface area (Å²) < 4.78 is 5.19. The Balaban J connectivity index is 2.15. The van der Waals surface area contributed by atoms with Gasteiger partial charge in [-0.1, -0.05) is 17.7 Å². The maximum absolute atomic E-state index is 11.6. The Morgan fingerprint density at radius 1 is 1.00 bits per heavy atom. The highest BCUT2D eigenvalue weighted by molar-refractivity contribution is 5.92. The van der Waals surface area contributed by atoms with Gasteiger partial charge < -0.3 is 9.52 Å². The quantitative estimate of drug-likeness (QED) is 0.557. The molecular weight excluding hydrogens is 280 g/mol. The molecule has 0 aliphatic carbocycles. The standard InChI is InChI=1S/C17H14N2O3/c1-10-3-5-12(6-4-10)18-19-16-14(20)8-7-13-11(2)9-15(21)22-17(13)16/h3-9,20H,1-2H3. The summed E-state index contributed by atoms with van der Waals surface area (Å²) in [4.78, 5) is 11.6. The number of aryl methyl sites for hydroxylation is 2.